The standard InChI is InChI=1S/C14H18/c1-2-14(13-10-6-7-11-13)12-8-4-3-5-9-12/h4,6-10,14H,2-3,5,11H2,1H3. The lowest BCUT2D eigenvalue weighted by Crippen LogP contribution is -2.05. The van der Waals surface area contributed by atoms with Gasteiger partial charge in [0.05, 0.1) is 0 Å². The molecule has 0 spiro atoms. The van der Waals surface area contributed by atoms with Gasteiger partial charge in [-0.3, -0.25) is 0 Å². The number of hydrogen-bond acceptors (Lipinski definition) is 0. The highest BCUT2D eigenvalue weighted by Gasteiger charge is 2.16. The van der Waals surface area contributed by atoms with Crippen LogP contribution in [-0.4, -0.2) is 0 Å². The van der Waals surface area contributed by atoms with Crippen molar-refractivity contribution in [2.75, 3.05) is 0 Å². The monoisotopic (exact) mass is 186 g/mol. The molecule has 0 aliphatic heterocycles. The Hall–Kier alpha value is -1.04. The van der Waals surface area contributed by atoms with Crippen LogP contribution in [-0.2, 0) is 0 Å². The Kier molecular flexibility index (Phi) is 3.03. The molecule has 0 aromatic rings. The topological polar surface area (TPSA) is 0 Å². The molecule has 0 bridgehead atoms. The molecule has 2 aliphatic carbocycles. The molecule has 0 saturated heterocycles. The molecule has 0 N–H and O–H groups in total. The van der Waals surface area contributed by atoms with Gasteiger partial charge in [0.25, 0.3) is 0 Å². The second kappa shape index (κ2) is 4.45. The van der Waals surface area contributed by atoms with Crippen LogP contribution in [0.25, 0.3) is 0 Å². The van der Waals surface area contributed by atoms with Gasteiger partial charge in [0.1, 0.15) is 0 Å². The van der Waals surface area contributed by atoms with E-state index in [-0.39, 0.29) is 0 Å². The molecule has 0 heterocycles. The third-order valence-corrected chi connectivity index (χ3v) is 3.08. The summed E-state index contributed by atoms with van der Waals surface area (Å²) in [5, 5.41) is 0. The van der Waals surface area contributed by atoms with E-state index in [1.165, 1.54) is 24.8 Å². The van der Waals surface area contributed by atoms with E-state index in [2.05, 4.69) is 43.4 Å². The summed E-state index contributed by atoms with van der Waals surface area (Å²) < 4.78 is 0. The Balaban J connectivity index is 2.13. The fourth-order valence-corrected chi connectivity index (χ4v) is 2.33. The second-order valence-electron chi connectivity index (χ2n) is 4.02. The first-order valence-electron chi connectivity index (χ1n) is 5.64. The van der Waals surface area contributed by atoms with Crippen LogP contribution in [0.2, 0.25) is 0 Å². The van der Waals surface area contributed by atoms with Gasteiger partial charge in [-0.15, -0.1) is 0 Å². The molecule has 0 fully saturated rings. The van der Waals surface area contributed by atoms with Gasteiger partial charge in [-0.05, 0) is 31.3 Å². The molecule has 1 atom stereocenters. The van der Waals surface area contributed by atoms with Gasteiger partial charge in [0, 0.05) is 5.92 Å². The van der Waals surface area contributed by atoms with E-state index in [1.807, 2.05) is 0 Å². The predicted molar refractivity (Wildman–Crippen MR) is 62.1 cm³/mol. The van der Waals surface area contributed by atoms with Crippen molar-refractivity contribution in [1.82, 2.24) is 0 Å². The fraction of sp³-hybridized carbons (Fsp3) is 0.429. The van der Waals surface area contributed by atoms with Crippen molar-refractivity contribution in [2.24, 2.45) is 5.92 Å². The first kappa shape index (κ1) is 9.51. The zero-order chi connectivity index (χ0) is 9.80. The average Bonchev–Trinajstić information content (AvgIpc) is 2.74. The maximum Gasteiger partial charge on any atom is 0.00485 e. The van der Waals surface area contributed by atoms with E-state index in [0.717, 1.165) is 6.42 Å². The van der Waals surface area contributed by atoms with Crippen molar-refractivity contribution >= 4 is 0 Å². The van der Waals surface area contributed by atoms with Gasteiger partial charge in [-0.1, -0.05) is 49.0 Å². The summed E-state index contributed by atoms with van der Waals surface area (Å²) in [6.07, 6.45) is 18.6. The number of allylic oxidation sites excluding steroid dienone is 8. The van der Waals surface area contributed by atoms with Gasteiger partial charge in [0.15, 0.2) is 0 Å². The van der Waals surface area contributed by atoms with Crippen molar-refractivity contribution in [2.45, 2.75) is 32.6 Å². The largest absolute Gasteiger partial charge is 0.0839 e. The SMILES string of the molecule is CCC(C1=CCCC=C1)C1=CC=CC1. The number of rotatable bonds is 3. The molecule has 0 nitrogen and oxygen atoms in total. The maximum atomic E-state index is 2.41. The zero-order valence-electron chi connectivity index (χ0n) is 8.87. The van der Waals surface area contributed by atoms with Crippen molar-refractivity contribution in [3.05, 3.63) is 47.6 Å². The molecule has 74 valence electrons. The van der Waals surface area contributed by atoms with E-state index >= 15 is 0 Å². The Labute approximate surface area is 86.7 Å². The molecule has 0 amide bonds. The summed E-state index contributed by atoms with van der Waals surface area (Å²) in [4.78, 5) is 0. The highest BCUT2D eigenvalue weighted by Crippen LogP contribution is 2.31. The summed E-state index contributed by atoms with van der Waals surface area (Å²) >= 11 is 0. The smallest absolute Gasteiger partial charge is 0.00485 e. The Bertz CT molecular complexity index is 313. The molecule has 0 aromatic carbocycles. The molecule has 2 aliphatic rings. The molecule has 0 radical (unpaired) electrons. The van der Waals surface area contributed by atoms with Crippen LogP contribution in [0.4, 0.5) is 0 Å². The molecule has 0 heteroatoms. The summed E-state index contributed by atoms with van der Waals surface area (Å²) in [6.45, 7) is 2.28. The summed E-state index contributed by atoms with van der Waals surface area (Å²) in [5.41, 5.74) is 3.12. The summed E-state index contributed by atoms with van der Waals surface area (Å²) in [5.74, 6) is 0.668. The Morgan fingerprint density at radius 2 is 2.21 bits per heavy atom. The normalized spacial score (nSPS) is 22.1. The lowest BCUT2D eigenvalue weighted by molar-refractivity contribution is 0.679. The number of hydrogen-bond donors (Lipinski definition) is 0. The van der Waals surface area contributed by atoms with E-state index in [9.17, 15) is 0 Å². The molecule has 1 unspecified atom stereocenters. The van der Waals surface area contributed by atoms with E-state index in [4.69, 9.17) is 0 Å². The fourth-order valence-electron chi connectivity index (χ4n) is 2.33. The van der Waals surface area contributed by atoms with Crippen LogP contribution in [0.1, 0.15) is 32.6 Å². The third-order valence-electron chi connectivity index (χ3n) is 3.08. The maximum absolute atomic E-state index is 2.41. The van der Waals surface area contributed by atoms with Crippen LogP contribution < -0.4 is 0 Å². The quantitative estimate of drug-likeness (QED) is 0.620. The van der Waals surface area contributed by atoms with Gasteiger partial charge in [0.2, 0.25) is 0 Å². The molecule has 2 rings (SSSR count). The van der Waals surface area contributed by atoms with E-state index in [1.54, 1.807) is 5.57 Å². The summed E-state index contributed by atoms with van der Waals surface area (Å²) in [6, 6.07) is 0. The molecule has 0 aromatic heterocycles. The molecular formula is C14H18. The van der Waals surface area contributed by atoms with Crippen molar-refractivity contribution < 1.29 is 0 Å². The Morgan fingerprint density at radius 1 is 1.29 bits per heavy atom. The lowest BCUT2D eigenvalue weighted by atomic mass is 9.85. The minimum Gasteiger partial charge on any atom is -0.0839 e. The van der Waals surface area contributed by atoms with Crippen LogP contribution in [0, 0.1) is 5.92 Å². The lowest BCUT2D eigenvalue weighted by Gasteiger charge is -2.20. The predicted octanol–water partition coefficient (Wildman–Crippen LogP) is 4.18. The van der Waals surface area contributed by atoms with Gasteiger partial charge in [-0.2, -0.15) is 0 Å². The highest BCUT2D eigenvalue weighted by atomic mass is 14.2. The minimum atomic E-state index is 0.668. The first-order valence-corrected chi connectivity index (χ1v) is 5.64. The van der Waals surface area contributed by atoms with Crippen LogP contribution in [0.15, 0.2) is 47.6 Å². The summed E-state index contributed by atoms with van der Waals surface area (Å²) in [7, 11) is 0. The molecule has 0 saturated carbocycles. The van der Waals surface area contributed by atoms with Crippen LogP contribution >= 0.6 is 0 Å². The van der Waals surface area contributed by atoms with E-state index < -0.39 is 0 Å². The van der Waals surface area contributed by atoms with Crippen molar-refractivity contribution in [1.29, 1.82) is 0 Å². The van der Waals surface area contributed by atoms with Crippen molar-refractivity contribution in [3.8, 4) is 0 Å². The molecule has 14 heavy (non-hydrogen) atoms. The first-order chi connectivity index (χ1) is 6.92. The minimum absolute atomic E-state index is 0.668. The molecular weight excluding hydrogens is 168 g/mol. The van der Waals surface area contributed by atoms with Crippen LogP contribution in [0.5, 0.6) is 0 Å². The third kappa shape index (κ3) is 1.89. The van der Waals surface area contributed by atoms with Gasteiger partial charge < -0.3 is 0 Å². The zero-order valence-corrected chi connectivity index (χ0v) is 8.87. The van der Waals surface area contributed by atoms with Crippen LogP contribution in [0.3, 0.4) is 0 Å². The average molecular weight is 186 g/mol. The highest BCUT2D eigenvalue weighted by molar-refractivity contribution is 5.36. The van der Waals surface area contributed by atoms with Crippen molar-refractivity contribution in [3.63, 3.8) is 0 Å². The van der Waals surface area contributed by atoms with E-state index in [0.29, 0.717) is 5.92 Å². The van der Waals surface area contributed by atoms with Gasteiger partial charge >= 0.3 is 0 Å². The second-order valence-corrected chi connectivity index (χ2v) is 4.02. The Morgan fingerprint density at radius 3 is 2.79 bits per heavy atom. The van der Waals surface area contributed by atoms with Gasteiger partial charge in [-0.25, -0.2) is 0 Å².